The van der Waals surface area contributed by atoms with E-state index >= 15 is 0 Å². The minimum atomic E-state index is -0.194. The number of anilines is 3. The standard InChI is InChI=1S/C22H21N3O3S/c1-15(26)23-17-9-11-18(12-10-17)24-21(27)13-29-14-22(28)25-20-8-4-6-16-5-2-3-7-19(16)20/h2-12H,13-14H2,1H3,(H,23,26)(H,24,27)(H,25,28). The fraction of sp³-hybridized carbons (Fsp3) is 0.136. The number of thioether (sulfide) groups is 1. The molecule has 0 heterocycles. The summed E-state index contributed by atoms with van der Waals surface area (Å²) in [5, 5.41) is 10.4. The van der Waals surface area contributed by atoms with Gasteiger partial charge in [0.15, 0.2) is 0 Å². The summed E-state index contributed by atoms with van der Waals surface area (Å²) in [6, 6.07) is 20.4. The minimum absolute atomic E-state index is 0.153. The molecular formula is C22H21N3O3S. The number of hydrogen-bond acceptors (Lipinski definition) is 4. The summed E-state index contributed by atoms with van der Waals surface area (Å²) in [6.07, 6.45) is 0. The second-order valence-electron chi connectivity index (χ2n) is 6.37. The van der Waals surface area contributed by atoms with Crippen molar-refractivity contribution in [1.82, 2.24) is 0 Å². The second kappa shape index (κ2) is 9.75. The molecule has 0 aliphatic carbocycles. The van der Waals surface area contributed by atoms with Crippen LogP contribution in [0.25, 0.3) is 10.8 Å². The molecule has 0 radical (unpaired) electrons. The van der Waals surface area contributed by atoms with Crippen LogP contribution in [-0.2, 0) is 14.4 Å². The molecule has 0 unspecified atom stereocenters. The molecule has 3 N–H and O–H groups in total. The van der Waals surface area contributed by atoms with Crippen molar-refractivity contribution in [2.45, 2.75) is 6.92 Å². The number of carbonyl (C=O) groups excluding carboxylic acids is 3. The highest BCUT2D eigenvalue weighted by molar-refractivity contribution is 8.00. The van der Waals surface area contributed by atoms with Crippen LogP contribution in [0.5, 0.6) is 0 Å². The first-order chi connectivity index (χ1) is 14.0. The molecule has 7 heteroatoms. The summed E-state index contributed by atoms with van der Waals surface area (Å²) in [7, 11) is 0. The topological polar surface area (TPSA) is 87.3 Å². The highest BCUT2D eigenvalue weighted by Crippen LogP contribution is 2.23. The molecule has 6 nitrogen and oxygen atoms in total. The first-order valence-electron chi connectivity index (χ1n) is 9.04. The van der Waals surface area contributed by atoms with Crippen molar-refractivity contribution in [3.63, 3.8) is 0 Å². The van der Waals surface area contributed by atoms with Gasteiger partial charge in [-0.3, -0.25) is 14.4 Å². The molecule has 0 spiro atoms. The first-order valence-corrected chi connectivity index (χ1v) is 10.2. The van der Waals surface area contributed by atoms with Crippen molar-refractivity contribution in [2.75, 3.05) is 27.5 Å². The Morgan fingerprint density at radius 3 is 2.00 bits per heavy atom. The Morgan fingerprint density at radius 1 is 0.724 bits per heavy atom. The van der Waals surface area contributed by atoms with Crippen molar-refractivity contribution < 1.29 is 14.4 Å². The number of nitrogens with one attached hydrogen (secondary N) is 3. The number of hydrogen-bond donors (Lipinski definition) is 3. The molecule has 0 fully saturated rings. The van der Waals surface area contributed by atoms with Crippen molar-refractivity contribution in [3.05, 3.63) is 66.7 Å². The van der Waals surface area contributed by atoms with Gasteiger partial charge in [-0.2, -0.15) is 0 Å². The highest BCUT2D eigenvalue weighted by Gasteiger charge is 2.08. The summed E-state index contributed by atoms with van der Waals surface area (Å²) in [6.45, 7) is 1.43. The van der Waals surface area contributed by atoms with Crippen LogP contribution in [0, 0.1) is 0 Å². The monoisotopic (exact) mass is 407 g/mol. The summed E-state index contributed by atoms with van der Waals surface area (Å²) in [4.78, 5) is 35.3. The predicted molar refractivity (Wildman–Crippen MR) is 119 cm³/mol. The van der Waals surface area contributed by atoms with Gasteiger partial charge >= 0.3 is 0 Å². The number of carbonyl (C=O) groups is 3. The van der Waals surface area contributed by atoms with Crippen LogP contribution in [0.3, 0.4) is 0 Å². The Labute approximate surface area is 173 Å². The molecule has 3 rings (SSSR count). The predicted octanol–water partition coefficient (Wildman–Crippen LogP) is 4.11. The van der Waals surface area contributed by atoms with E-state index in [2.05, 4.69) is 16.0 Å². The lowest BCUT2D eigenvalue weighted by Crippen LogP contribution is -2.18. The van der Waals surface area contributed by atoms with E-state index in [0.29, 0.717) is 11.4 Å². The van der Waals surface area contributed by atoms with Crippen LogP contribution in [0.1, 0.15) is 6.92 Å². The van der Waals surface area contributed by atoms with E-state index in [1.54, 1.807) is 24.3 Å². The molecule has 148 valence electrons. The molecule has 0 saturated heterocycles. The number of benzene rings is 3. The third-order valence-corrected chi connectivity index (χ3v) is 4.95. The van der Waals surface area contributed by atoms with E-state index in [4.69, 9.17) is 0 Å². The summed E-state index contributed by atoms with van der Waals surface area (Å²) in [5.74, 6) is -0.159. The van der Waals surface area contributed by atoms with E-state index < -0.39 is 0 Å². The Morgan fingerprint density at radius 2 is 1.31 bits per heavy atom. The first kappa shape index (κ1) is 20.4. The quantitative estimate of drug-likeness (QED) is 0.550. The largest absolute Gasteiger partial charge is 0.326 e. The molecule has 0 atom stereocenters. The second-order valence-corrected chi connectivity index (χ2v) is 7.36. The van der Waals surface area contributed by atoms with E-state index in [0.717, 1.165) is 16.5 Å². The van der Waals surface area contributed by atoms with E-state index in [1.165, 1.54) is 18.7 Å². The zero-order chi connectivity index (χ0) is 20.6. The fourth-order valence-corrected chi connectivity index (χ4v) is 3.41. The van der Waals surface area contributed by atoms with Gasteiger partial charge < -0.3 is 16.0 Å². The smallest absolute Gasteiger partial charge is 0.234 e. The van der Waals surface area contributed by atoms with Crippen molar-refractivity contribution in [1.29, 1.82) is 0 Å². The minimum Gasteiger partial charge on any atom is -0.326 e. The van der Waals surface area contributed by atoms with Gasteiger partial charge in [0.1, 0.15) is 0 Å². The zero-order valence-electron chi connectivity index (χ0n) is 15.9. The zero-order valence-corrected chi connectivity index (χ0v) is 16.7. The molecule has 3 aromatic carbocycles. The molecule has 3 aromatic rings. The third kappa shape index (κ3) is 6.08. The molecule has 0 aliphatic heterocycles. The Bertz CT molecular complexity index is 1030. The van der Waals surface area contributed by atoms with Crippen LogP contribution < -0.4 is 16.0 Å². The van der Waals surface area contributed by atoms with Gasteiger partial charge in [-0.1, -0.05) is 36.4 Å². The summed E-state index contributed by atoms with van der Waals surface area (Å²) >= 11 is 1.24. The third-order valence-electron chi connectivity index (χ3n) is 4.02. The number of amides is 3. The van der Waals surface area contributed by atoms with Crippen molar-refractivity contribution >= 4 is 57.3 Å². The Kier molecular flexibility index (Phi) is 6.86. The van der Waals surface area contributed by atoms with Gasteiger partial charge in [0.25, 0.3) is 0 Å². The van der Waals surface area contributed by atoms with Gasteiger partial charge in [-0.25, -0.2) is 0 Å². The molecule has 0 aliphatic rings. The van der Waals surface area contributed by atoms with Gasteiger partial charge in [0.05, 0.1) is 11.5 Å². The molecule has 29 heavy (non-hydrogen) atoms. The lowest BCUT2D eigenvalue weighted by atomic mass is 10.1. The van der Waals surface area contributed by atoms with Gasteiger partial charge in [0.2, 0.25) is 17.7 Å². The molecule has 0 saturated carbocycles. The number of fused-ring (bicyclic) bond motifs is 1. The van der Waals surface area contributed by atoms with Crippen LogP contribution in [0.15, 0.2) is 66.7 Å². The lowest BCUT2D eigenvalue weighted by molar-refractivity contribution is -0.115. The average Bonchev–Trinajstić information content (AvgIpc) is 2.69. The SMILES string of the molecule is CC(=O)Nc1ccc(NC(=O)CSCC(=O)Nc2cccc3ccccc23)cc1. The van der Waals surface area contributed by atoms with Crippen molar-refractivity contribution in [3.8, 4) is 0 Å². The maximum absolute atomic E-state index is 12.2. The summed E-state index contributed by atoms with van der Waals surface area (Å²) < 4.78 is 0. The maximum Gasteiger partial charge on any atom is 0.234 e. The average molecular weight is 407 g/mol. The molecule has 3 amide bonds. The lowest BCUT2D eigenvalue weighted by Gasteiger charge is -2.09. The molecular weight excluding hydrogens is 386 g/mol. The highest BCUT2D eigenvalue weighted by atomic mass is 32.2. The van der Waals surface area contributed by atoms with Crippen LogP contribution in [-0.4, -0.2) is 29.2 Å². The molecule has 0 aromatic heterocycles. The summed E-state index contributed by atoms with van der Waals surface area (Å²) in [5.41, 5.74) is 2.05. The molecule has 0 bridgehead atoms. The van der Waals surface area contributed by atoms with E-state index in [-0.39, 0.29) is 29.2 Å². The van der Waals surface area contributed by atoms with Gasteiger partial charge in [0, 0.05) is 29.4 Å². The Balaban J connectivity index is 1.45. The van der Waals surface area contributed by atoms with Gasteiger partial charge in [-0.05, 0) is 35.7 Å². The van der Waals surface area contributed by atoms with Crippen LogP contribution in [0.4, 0.5) is 17.1 Å². The number of rotatable bonds is 7. The van der Waals surface area contributed by atoms with Crippen LogP contribution >= 0.6 is 11.8 Å². The van der Waals surface area contributed by atoms with E-state index in [9.17, 15) is 14.4 Å². The normalized spacial score (nSPS) is 10.4. The fourth-order valence-electron chi connectivity index (χ4n) is 2.79. The van der Waals surface area contributed by atoms with E-state index in [1.807, 2.05) is 42.5 Å². The van der Waals surface area contributed by atoms with Crippen molar-refractivity contribution in [2.24, 2.45) is 0 Å². The van der Waals surface area contributed by atoms with Gasteiger partial charge in [-0.15, -0.1) is 11.8 Å². The maximum atomic E-state index is 12.2. The Hall–Kier alpha value is -3.32. The van der Waals surface area contributed by atoms with Crippen LogP contribution in [0.2, 0.25) is 0 Å².